The van der Waals surface area contributed by atoms with Gasteiger partial charge in [0.15, 0.2) is 0 Å². The molecule has 1 aliphatic carbocycles. The maximum Gasteiger partial charge on any atom is 0.410 e. The summed E-state index contributed by atoms with van der Waals surface area (Å²) in [5, 5.41) is 19.8. The van der Waals surface area contributed by atoms with Crippen LogP contribution in [0.25, 0.3) is 0 Å². The van der Waals surface area contributed by atoms with E-state index in [-0.39, 0.29) is 12.6 Å². The first-order valence-electron chi connectivity index (χ1n) is 11.5. The van der Waals surface area contributed by atoms with E-state index >= 15 is 0 Å². The highest BCUT2D eigenvalue weighted by Gasteiger charge is 2.26. The van der Waals surface area contributed by atoms with E-state index in [0.717, 1.165) is 18.0 Å². The summed E-state index contributed by atoms with van der Waals surface area (Å²) in [6.45, 7) is 7.56. The largest absolute Gasteiger partial charge is 0.450 e. The van der Waals surface area contributed by atoms with Crippen molar-refractivity contribution in [1.82, 2.24) is 4.90 Å². The number of hydrogen-bond acceptors (Lipinski definition) is 5. The van der Waals surface area contributed by atoms with Gasteiger partial charge in [-0.2, -0.15) is 5.26 Å². The van der Waals surface area contributed by atoms with Crippen LogP contribution in [0.3, 0.4) is 0 Å². The van der Waals surface area contributed by atoms with Gasteiger partial charge in [0, 0.05) is 20.7 Å². The first-order valence-corrected chi connectivity index (χ1v) is 15.2. The number of amides is 1. The van der Waals surface area contributed by atoms with Gasteiger partial charge in [0.2, 0.25) is 0 Å². The van der Waals surface area contributed by atoms with E-state index in [1.807, 2.05) is 12.1 Å². The molecule has 2 atom stereocenters. The standard InChI is InChI=1S/C24H39N3O3Si/c1-31(2,3)14-13-30-24(29)27(17-21-11-9-20(16-25)10-12-21)18-23(28)22(26)15-19-7-5-4-6-8-19/h9-12,19,22-23,28H,4-8,13-15,17-18,26H2,1-3H3/t22-,23-/m0/s1. The number of benzene rings is 1. The molecule has 2 rings (SSSR count). The lowest BCUT2D eigenvalue weighted by atomic mass is 9.84. The predicted molar refractivity (Wildman–Crippen MR) is 126 cm³/mol. The first-order chi connectivity index (χ1) is 14.7. The number of carbonyl (C=O) groups is 1. The average molecular weight is 446 g/mol. The Kier molecular flexibility index (Phi) is 10.0. The van der Waals surface area contributed by atoms with Crippen molar-refractivity contribution in [2.24, 2.45) is 11.7 Å². The highest BCUT2D eigenvalue weighted by molar-refractivity contribution is 6.76. The number of carbonyl (C=O) groups excluding carboxylic acids is 1. The molecule has 31 heavy (non-hydrogen) atoms. The third-order valence-electron chi connectivity index (χ3n) is 6.02. The lowest BCUT2D eigenvalue weighted by Crippen LogP contribution is -2.46. The minimum absolute atomic E-state index is 0.139. The molecule has 172 valence electrons. The van der Waals surface area contributed by atoms with Gasteiger partial charge in [-0.3, -0.25) is 0 Å². The molecule has 3 N–H and O–H groups in total. The molecule has 0 bridgehead atoms. The summed E-state index contributed by atoms with van der Waals surface area (Å²) in [5.74, 6) is 0.564. The molecular weight excluding hydrogens is 406 g/mol. The van der Waals surface area contributed by atoms with Gasteiger partial charge in [-0.25, -0.2) is 4.79 Å². The normalized spacial score (nSPS) is 16.9. The lowest BCUT2D eigenvalue weighted by molar-refractivity contribution is 0.0581. The second kappa shape index (κ2) is 12.2. The third-order valence-corrected chi connectivity index (χ3v) is 7.73. The van der Waals surface area contributed by atoms with Crippen molar-refractivity contribution < 1.29 is 14.6 Å². The molecule has 1 aliphatic rings. The summed E-state index contributed by atoms with van der Waals surface area (Å²) in [4.78, 5) is 14.4. The molecule has 0 spiro atoms. The highest BCUT2D eigenvalue weighted by Crippen LogP contribution is 2.27. The number of nitrogens with zero attached hydrogens (tertiary/aromatic N) is 2. The van der Waals surface area contributed by atoms with Crippen LogP contribution in [-0.2, 0) is 11.3 Å². The number of aliphatic hydroxyl groups excluding tert-OH is 1. The molecule has 0 radical (unpaired) electrons. The van der Waals surface area contributed by atoms with Gasteiger partial charge in [0.05, 0.1) is 30.9 Å². The monoisotopic (exact) mass is 445 g/mol. The van der Waals surface area contributed by atoms with Crippen molar-refractivity contribution in [2.75, 3.05) is 13.2 Å². The second-order valence-electron chi connectivity index (χ2n) is 10.1. The van der Waals surface area contributed by atoms with Crippen LogP contribution >= 0.6 is 0 Å². The zero-order valence-corrected chi connectivity index (χ0v) is 20.3. The minimum atomic E-state index is -1.31. The van der Waals surface area contributed by atoms with Crippen LogP contribution in [0.1, 0.15) is 49.7 Å². The Hall–Kier alpha value is -1.88. The van der Waals surface area contributed by atoms with E-state index in [2.05, 4.69) is 25.7 Å². The fourth-order valence-corrected chi connectivity index (χ4v) is 4.68. The van der Waals surface area contributed by atoms with Gasteiger partial charge in [-0.05, 0) is 36.1 Å². The lowest BCUT2D eigenvalue weighted by Gasteiger charge is -2.30. The molecule has 1 saturated carbocycles. The van der Waals surface area contributed by atoms with Crippen molar-refractivity contribution >= 4 is 14.2 Å². The maximum atomic E-state index is 12.8. The van der Waals surface area contributed by atoms with Gasteiger partial charge in [0.25, 0.3) is 0 Å². The van der Waals surface area contributed by atoms with Crippen LogP contribution in [0.2, 0.25) is 25.7 Å². The molecule has 1 fully saturated rings. The Labute approximate surface area is 188 Å². The van der Waals surface area contributed by atoms with Crippen molar-refractivity contribution in [2.45, 2.75) is 82.9 Å². The number of hydrogen-bond donors (Lipinski definition) is 2. The Bertz CT molecular complexity index is 721. The van der Waals surface area contributed by atoms with E-state index < -0.39 is 20.3 Å². The molecule has 0 unspecified atom stereocenters. The van der Waals surface area contributed by atoms with Gasteiger partial charge in [-0.1, -0.05) is 63.9 Å². The maximum absolute atomic E-state index is 12.8. The molecule has 0 heterocycles. The predicted octanol–water partition coefficient (Wildman–Crippen LogP) is 4.49. The van der Waals surface area contributed by atoms with E-state index in [1.54, 1.807) is 12.1 Å². The summed E-state index contributed by atoms with van der Waals surface area (Å²) in [5.41, 5.74) is 7.78. The van der Waals surface area contributed by atoms with Crippen LogP contribution in [0.15, 0.2) is 24.3 Å². The summed E-state index contributed by atoms with van der Waals surface area (Å²) in [6.07, 6.45) is 5.68. The Morgan fingerprint density at radius 2 is 1.90 bits per heavy atom. The number of ether oxygens (including phenoxy) is 1. The van der Waals surface area contributed by atoms with E-state index in [9.17, 15) is 9.90 Å². The fourth-order valence-electron chi connectivity index (χ4n) is 3.97. The first kappa shape index (κ1) is 25.4. The molecule has 0 aliphatic heterocycles. The van der Waals surface area contributed by atoms with Crippen molar-refractivity contribution in [3.63, 3.8) is 0 Å². The Morgan fingerprint density at radius 1 is 1.26 bits per heavy atom. The summed E-state index contributed by atoms with van der Waals surface area (Å²) >= 11 is 0. The van der Waals surface area contributed by atoms with Crippen molar-refractivity contribution in [3.05, 3.63) is 35.4 Å². The van der Waals surface area contributed by atoms with E-state index in [0.29, 0.717) is 24.6 Å². The quantitative estimate of drug-likeness (QED) is 0.517. The highest BCUT2D eigenvalue weighted by atomic mass is 28.3. The van der Waals surface area contributed by atoms with Crippen LogP contribution in [0, 0.1) is 17.2 Å². The van der Waals surface area contributed by atoms with Crippen LogP contribution in [-0.4, -0.2) is 49.5 Å². The third kappa shape index (κ3) is 9.42. The van der Waals surface area contributed by atoms with Gasteiger partial charge in [-0.15, -0.1) is 0 Å². The SMILES string of the molecule is C[Si](C)(C)CCOC(=O)N(Cc1ccc(C#N)cc1)C[C@H](O)[C@@H](N)CC1CCCCC1. The number of rotatable bonds is 10. The summed E-state index contributed by atoms with van der Waals surface area (Å²) in [7, 11) is -1.31. The Balaban J connectivity index is 2.00. The van der Waals surface area contributed by atoms with Crippen LogP contribution in [0.4, 0.5) is 4.79 Å². The van der Waals surface area contributed by atoms with Crippen LogP contribution in [0.5, 0.6) is 0 Å². The topological polar surface area (TPSA) is 99.6 Å². The fraction of sp³-hybridized carbons (Fsp3) is 0.667. The molecule has 1 aromatic carbocycles. The van der Waals surface area contributed by atoms with Gasteiger partial charge >= 0.3 is 6.09 Å². The summed E-state index contributed by atoms with van der Waals surface area (Å²) < 4.78 is 5.55. The minimum Gasteiger partial charge on any atom is -0.450 e. The molecule has 0 saturated heterocycles. The Morgan fingerprint density at radius 3 is 2.48 bits per heavy atom. The zero-order valence-electron chi connectivity index (χ0n) is 19.3. The molecule has 0 aromatic heterocycles. The smallest absolute Gasteiger partial charge is 0.410 e. The van der Waals surface area contributed by atoms with Gasteiger partial charge < -0.3 is 20.5 Å². The molecule has 1 aromatic rings. The average Bonchev–Trinajstić information content (AvgIpc) is 2.73. The second-order valence-corrected chi connectivity index (χ2v) is 15.7. The number of nitriles is 1. The van der Waals surface area contributed by atoms with E-state index in [1.165, 1.54) is 37.0 Å². The van der Waals surface area contributed by atoms with Gasteiger partial charge in [0.1, 0.15) is 0 Å². The zero-order chi connectivity index (χ0) is 22.9. The van der Waals surface area contributed by atoms with Crippen molar-refractivity contribution in [3.8, 4) is 6.07 Å². The van der Waals surface area contributed by atoms with Crippen molar-refractivity contribution in [1.29, 1.82) is 5.26 Å². The summed E-state index contributed by atoms with van der Waals surface area (Å²) in [6, 6.07) is 9.76. The number of nitrogens with two attached hydrogens (primary N) is 1. The molecular formula is C24H39N3O3Si. The molecule has 6 nitrogen and oxygen atoms in total. The molecule has 1 amide bonds. The van der Waals surface area contributed by atoms with E-state index in [4.69, 9.17) is 15.7 Å². The van der Waals surface area contributed by atoms with Crippen LogP contribution < -0.4 is 5.73 Å². The molecule has 7 heteroatoms. The number of aliphatic hydroxyl groups is 1.